The van der Waals surface area contributed by atoms with Gasteiger partial charge in [0, 0.05) is 29.6 Å². The smallest absolute Gasteiger partial charge is 0.407 e. The Morgan fingerprint density at radius 3 is 2.63 bits per heavy atom. The fourth-order valence-corrected chi connectivity index (χ4v) is 6.24. The van der Waals surface area contributed by atoms with E-state index in [0.29, 0.717) is 24.3 Å². The van der Waals surface area contributed by atoms with Gasteiger partial charge in [-0.1, -0.05) is 0 Å². The predicted molar refractivity (Wildman–Crippen MR) is 116 cm³/mol. The van der Waals surface area contributed by atoms with Crippen LogP contribution in [0.1, 0.15) is 61.9 Å². The third kappa shape index (κ3) is 3.55. The van der Waals surface area contributed by atoms with E-state index in [-0.39, 0.29) is 28.6 Å². The van der Waals surface area contributed by atoms with Gasteiger partial charge in [-0.15, -0.1) is 11.8 Å². The summed E-state index contributed by atoms with van der Waals surface area (Å²) in [4.78, 5) is 41.9. The highest BCUT2D eigenvalue weighted by molar-refractivity contribution is 8.01. The molecule has 2 heterocycles. The summed E-state index contributed by atoms with van der Waals surface area (Å²) in [6, 6.07) is 3.60. The molecule has 1 saturated carbocycles. The van der Waals surface area contributed by atoms with Crippen LogP contribution in [0.15, 0.2) is 17.0 Å². The molecule has 3 amide bonds. The molecular weight excluding hydrogens is 402 g/mol. The number of nitrogens with zero attached hydrogens (tertiary/aromatic N) is 2. The first kappa shape index (κ1) is 21.0. The van der Waals surface area contributed by atoms with Crippen molar-refractivity contribution in [1.29, 1.82) is 0 Å². The van der Waals surface area contributed by atoms with Crippen molar-refractivity contribution in [2.24, 2.45) is 0 Å². The average molecular weight is 432 g/mol. The molecule has 1 aliphatic carbocycles. The Balaban J connectivity index is 1.62. The summed E-state index contributed by atoms with van der Waals surface area (Å²) in [7, 11) is 0. The zero-order valence-corrected chi connectivity index (χ0v) is 18.6. The molecule has 30 heavy (non-hydrogen) atoms. The number of carbonyl (C=O) groups is 3. The normalized spacial score (nSPS) is 22.3. The average Bonchev–Trinajstić information content (AvgIpc) is 2.66. The van der Waals surface area contributed by atoms with Gasteiger partial charge in [0.25, 0.3) is 5.91 Å². The van der Waals surface area contributed by atoms with Crippen LogP contribution in [0.4, 0.5) is 10.5 Å². The highest BCUT2D eigenvalue weighted by Crippen LogP contribution is 2.53. The molecule has 1 aromatic carbocycles. The number of benzene rings is 1. The van der Waals surface area contributed by atoms with Gasteiger partial charge < -0.3 is 20.2 Å². The molecule has 4 rings (SSSR count). The SMILES string of the molecule is Cc1cc2c(cc1C(=O)N(C(C)C)[C@@H]1CCCN(C(=O)O)C1)NC(=O)C1(CCC1)S2. The van der Waals surface area contributed by atoms with Crippen molar-refractivity contribution in [1.82, 2.24) is 9.80 Å². The van der Waals surface area contributed by atoms with Crippen molar-refractivity contribution in [3.63, 3.8) is 0 Å². The molecule has 7 nitrogen and oxygen atoms in total. The fraction of sp³-hybridized carbons (Fsp3) is 0.591. The maximum atomic E-state index is 13.6. The third-order valence-corrected chi connectivity index (χ3v) is 8.08. The van der Waals surface area contributed by atoms with Gasteiger partial charge in [-0.2, -0.15) is 0 Å². The first-order valence-corrected chi connectivity index (χ1v) is 11.5. The van der Waals surface area contributed by atoms with E-state index in [4.69, 9.17) is 0 Å². The number of aryl methyl sites for hydroxylation is 1. The maximum absolute atomic E-state index is 13.6. The molecule has 1 saturated heterocycles. The molecular formula is C22H29N3O4S. The first-order chi connectivity index (χ1) is 14.2. The van der Waals surface area contributed by atoms with Crippen LogP contribution < -0.4 is 5.32 Å². The molecule has 162 valence electrons. The Kier molecular flexibility index (Phi) is 5.46. The Labute approximate surface area is 181 Å². The quantitative estimate of drug-likeness (QED) is 0.756. The van der Waals surface area contributed by atoms with E-state index in [0.717, 1.165) is 42.6 Å². The summed E-state index contributed by atoms with van der Waals surface area (Å²) in [5, 5.41) is 12.4. The second-order valence-corrected chi connectivity index (χ2v) is 10.3. The number of nitrogens with one attached hydrogen (secondary N) is 1. The summed E-state index contributed by atoms with van der Waals surface area (Å²) >= 11 is 1.63. The van der Waals surface area contributed by atoms with E-state index < -0.39 is 6.09 Å². The lowest BCUT2D eigenvalue weighted by atomic mass is 9.83. The Bertz CT molecular complexity index is 897. The van der Waals surface area contributed by atoms with E-state index in [2.05, 4.69) is 5.32 Å². The number of hydrogen-bond acceptors (Lipinski definition) is 4. The van der Waals surface area contributed by atoms with Crippen LogP contribution in [-0.2, 0) is 4.79 Å². The molecule has 2 N–H and O–H groups in total. The Morgan fingerprint density at radius 1 is 1.30 bits per heavy atom. The highest BCUT2D eigenvalue weighted by Gasteiger charge is 2.48. The van der Waals surface area contributed by atoms with E-state index in [9.17, 15) is 19.5 Å². The Morgan fingerprint density at radius 2 is 2.03 bits per heavy atom. The second-order valence-electron chi connectivity index (χ2n) is 8.90. The number of carboxylic acid groups (broad SMARTS) is 1. The second kappa shape index (κ2) is 7.80. The zero-order valence-electron chi connectivity index (χ0n) is 17.7. The standard InChI is InChI=1S/C22H29N3O4S/c1-13(2)25(15-6-4-9-24(12-15)21(28)29)19(26)16-11-17-18(10-14(16)3)30-22(7-5-8-22)20(27)23-17/h10-11,13,15H,4-9,12H2,1-3H3,(H,23,27)(H,28,29)/t15-/m1/s1. The molecule has 8 heteroatoms. The minimum absolute atomic E-state index is 0.0404. The predicted octanol–water partition coefficient (Wildman–Crippen LogP) is 3.95. The van der Waals surface area contributed by atoms with Crippen LogP contribution in [0.5, 0.6) is 0 Å². The summed E-state index contributed by atoms with van der Waals surface area (Å²) in [6.45, 7) is 6.70. The van der Waals surface area contributed by atoms with Gasteiger partial charge in [0.15, 0.2) is 0 Å². The fourth-order valence-electron chi connectivity index (χ4n) is 4.73. The summed E-state index contributed by atoms with van der Waals surface area (Å²) in [5.41, 5.74) is 2.16. The van der Waals surface area contributed by atoms with Gasteiger partial charge in [0.1, 0.15) is 0 Å². The number of thioether (sulfide) groups is 1. The van der Waals surface area contributed by atoms with E-state index in [1.807, 2.05) is 31.7 Å². The minimum Gasteiger partial charge on any atom is -0.465 e. The van der Waals surface area contributed by atoms with E-state index >= 15 is 0 Å². The van der Waals surface area contributed by atoms with Crippen molar-refractivity contribution >= 4 is 35.4 Å². The van der Waals surface area contributed by atoms with Gasteiger partial charge in [-0.25, -0.2) is 4.79 Å². The number of anilines is 1. The van der Waals surface area contributed by atoms with Crippen molar-refractivity contribution in [2.45, 2.75) is 74.6 Å². The van der Waals surface area contributed by atoms with Gasteiger partial charge in [0.05, 0.1) is 16.5 Å². The summed E-state index contributed by atoms with van der Waals surface area (Å²) < 4.78 is -0.336. The molecule has 3 aliphatic rings. The number of hydrogen-bond donors (Lipinski definition) is 2. The van der Waals surface area contributed by atoms with E-state index in [1.54, 1.807) is 17.8 Å². The third-order valence-electron chi connectivity index (χ3n) is 6.54. The molecule has 2 aliphatic heterocycles. The number of rotatable bonds is 3. The van der Waals surface area contributed by atoms with Gasteiger partial charge in [-0.3, -0.25) is 9.59 Å². The van der Waals surface area contributed by atoms with Crippen molar-refractivity contribution in [3.8, 4) is 0 Å². The lowest BCUT2D eigenvalue weighted by Crippen LogP contribution is -2.53. The molecule has 1 aromatic rings. The van der Waals surface area contributed by atoms with Gasteiger partial charge in [0.2, 0.25) is 5.91 Å². The number of amides is 3. The number of carbonyl (C=O) groups excluding carboxylic acids is 2. The topological polar surface area (TPSA) is 90.0 Å². The monoisotopic (exact) mass is 431 g/mol. The van der Waals surface area contributed by atoms with Crippen LogP contribution >= 0.6 is 11.8 Å². The number of fused-ring (bicyclic) bond motifs is 1. The molecule has 0 aromatic heterocycles. The van der Waals surface area contributed by atoms with Crippen LogP contribution in [-0.4, -0.2) is 62.7 Å². The number of likely N-dealkylation sites (tertiary alicyclic amines) is 1. The lowest BCUT2D eigenvalue weighted by Gasteiger charge is -2.43. The van der Waals surface area contributed by atoms with Crippen LogP contribution in [0.25, 0.3) is 0 Å². The highest BCUT2D eigenvalue weighted by atomic mass is 32.2. The van der Waals surface area contributed by atoms with Crippen molar-refractivity contribution in [3.05, 3.63) is 23.3 Å². The van der Waals surface area contributed by atoms with Gasteiger partial charge >= 0.3 is 6.09 Å². The molecule has 1 spiro atoms. The Hall–Kier alpha value is -2.22. The van der Waals surface area contributed by atoms with Gasteiger partial charge in [-0.05, 0) is 70.6 Å². The number of piperidine rings is 1. The molecule has 0 bridgehead atoms. The molecule has 1 atom stereocenters. The maximum Gasteiger partial charge on any atom is 0.407 e. The molecule has 0 unspecified atom stereocenters. The summed E-state index contributed by atoms with van der Waals surface area (Å²) in [5.74, 6) is -0.0654. The first-order valence-electron chi connectivity index (χ1n) is 10.7. The zero-order chi connectivity index (χ0) is 21.6. The van der Waals surface area contributed by atoms with Crippen LogP contribution in [0.3, 0.4) is 0 Å². The van der Waals surface area contributed by atoms with E-state index in [1.165, 1.54) is 4.90 Å². The largest absolute Gasteiger partial charge is 0.465 e. The van der Waals surface area contributed by atoms with Crippen LogP contribution in [0.2, 0.25) is 0 Å². The minimum atomic E-state index is -0.939. The van der Waals surface area contributed by atoms with Crippen LogP contribution in [0, 0.1) is 6.92 Å². The molecule has 2 fully saturated rings. The summed E-state index contributed by atoms with van der Waals surface area (Å²) in [6.07, 6.45) is 3.45. The van der Waals surface area contributed by atoms with Crippen molar-refractivity contribution in [2.75, 3.05) is 18.4 Å². The lowest BCUT2D eigenvalue weighted by molar-refractivity contribution is -0.120. The molecule has 0 radical (unpaired) electrons. The van der Waals surface area contributed by atoms with Crippen molar-refractivity contribution < 1.29 is 19.5 Å².